The highest BCUT2D eigenvalue weighted by molar-refractivity contribution is 7.99. The Bertz CT molecular complexity index is 689. The maximum atomic E-state index is 11.5. The zero-order valence-electron chi connectivity index (χ0n) is 11.5. The second-order valence-corrected chi connectivity index (χ2v) is 5.20. The molecule has 0 saturated carbocycles. The van der Waals surface area contributed by atoms with E-state index in [0.29, 0.717) is 11.0 Å². The minimum atomic E-state index is -0.168. The fourth-order valence-electron chi connectivity index (χ4n) is 1.71. The standard InChI is InChI=1S/C14H15N5OS/c1-3-8-16-12(20)9-21-14-18-17-13(19(14)15)11-7-5-4-6-10(11)2/h1,4-7H,8-9,15H2,2H3,(H,16,20). The van der Waals surface area contributed by atoms with Crippen molar-refractivity contribution in [1.29, 1.82) is 0 Å². The van der Waals surface area contributed by atoms with Crippen LogP contribution >= 0.6 is 11.8 Å². The largest absolute Gasteiger partial charge is 0.344 e. The normalized spacial score (nSPS) is 10.1. The number of hydrogen-bond donors (Lipinski definition) is 2. The number of carbonyl (C=O) groups is 1. The number of nitrogens with two attached hydrogens (primary N) is 1. The minimum Gasteiger partial charge on any atom is -0.344 e. The molecule has 0 saturated heterocycles. The molecule has 7 heteroatoms. The number of terminal acetylenes is 1. The average Bonchev–Trinajstić information content (AvgIpc) is 2.84. The summed E-state index contributed by atoms with van der Waals surface area (Å²) in [5, 5.41) is 11.2. The first-order chi connectivity index (χ1) is 10.1. The first-order valence-electron chi connectivity index (χ1n) is 6.23. The van der Waals surface area contributed by atoms with Crippen LogP contribution in [0, 0.1) is 19.3 Å². The third kappa shape index (κ3) is 3.55. The summed E-state index contributed by atoms with van der Waals surface area (Å²) in [6.45, 7) is 2.19. The molecule has 0 aliphatic carbocycles. The van der Waals surface area contributed by atoms with Crippen molar-refractivity contribution in [1.82, 2.24) is 20.2 Å². The van der Waals surface area contributed by atoms with Crippen molar-refractivity contribution in [3.8, 4) is 23.7 Å². The highest BCUT2D eigenvalue weighted by atomic mass is 32.2. The van der Waals surface area contributed by atoms with Gasteiger partial charge in [-0.2, -0.15) is 0 Å². The van der Waals surface area contributed by atoms with E-state index >= 15 is 0 Å². The van der Waals surface area contributed by atoms with Gasteiger partial charge in [0.25, 0.3) is 0 Å². The molecule has 6 nitrogen and oxygen atoms in total. The average molecular weight is 301 g/mol. The molecule has 0 aliphatic heterocycles. The molecule has 0 unspecified atom stereocenters. The van der Waals surface area contributed by atoms with E-state index in [2.05, 4.69) is 21.4 Å². The van der Waals surface area contributed by atoms with Crippen LogP contribution in [0.25, 0.3) is 11.4 Å². The molecular weight excluding hydrogens is 286 g/mol. The molecule has 1 aromatic carbocycles. The predicted octanol–water partition coefficient (Wildman–Crippen LogP) is 0.809. The number of benzene rings is 1. The van der Waals surface area contributed by atoms with Crippen molar-refractivity contribution in [2.75, 3.05) is 18.1 Å². The van der Waals surface area contributed by atoms with Gasteiger partial charge in [-0.15, -0.1) is 16.6 Å². The Morgan fingerprint density at radius 3 is 2.95 bits per heavy atom. The minimum absolute atomic E-state index is 0.168. The topological polar surface area (TPSA) is 85.8 Å². The van der Waals surface area contributed by atoms with Crippen LogP contribution in [-0.4, -0.2) is 33.1 Å². The summed E-state index contributed by atoms with van der Waals surface area (Å²) in [7, 11) is 0. The van der Waals surface area contributed by atoms with Crippen LogP contribution in [0.4, 0.5) is 0 Å². The third-order valence-electron chi connectivity index (χ3n) is 2.77. The molecule has 2 aromatic rings. The van der Waals surface area contributed by atoms with E-state index in [-0.39, 0.29) is 18.2 Å². The lowest BCUT2D eigenvalue weighted by Gasteiger charge is -2.05. The van der Waals surface area contributed by atoms with E-state index in [9.17, 15) is 4.79 Å². The molecular formula is C14H15N5OS. The molecule has 2 rings (SSSR count). The molecule has 0 radical (unpaired) electrons. The van der Waals surface area contributed by atoms with E-state index in [1.54, 1.807) is 0 Å². The summed E-state index contributed by atoms with van der Waals surface area (Å²) in [4.78, 5) is 11.5. The summed E-state index contributed by atoms with van der Waals surface area (Å²) in [6.07, 6.45) is 5.07. The third-order valence-corrected chi connectivity index (χ3v) is 3.71. The van der Waals surface area contributed by atoms with Gasteiger partial charge >= 0.3 is 0 Å². The maximum absolute atomic E-state index is 11.5. The Morgan fingerprint density at radius 2 is 2.24 bits per heavy atom. The van der Waals surface area contributed by atoms with Crippen molar-refractivity contribution in [3.63, 3.8) is 0 Å². The second kappa shape index (κ2) is 6.81. The molecule has 0 bridgehead atoms. The van der Waals surface area contributed by atoms with Crippen molar-refractivity contribution < 1.29 is 4.79 Å². The lowest BCUT2D eigenvalue weighted by molar-refractivity contribution is -0.118. The lowest BCUT2D eigenvalue weighted by Crippen LogP contribution is -2.25. The fourth-order valence-corrected chi connectivity index (χ4v) is 2.40. The lowest BCUT2D eigenvalue weighted by atomic mass is 10.1. The molecule has 21 heavy (non-hydrogen) atoms. The highest BCUT2D eigenvalue weighted by Gasteiger charge is 2.14. The molecule has 108 valence electrons. The summed E-state index contributed by atoms with van der Waals surface area (Å²) in [5.41, 5.74) is 1.97. The molecule has 3 N–H and O–H groups in total. The SMILES string of the molecule is C#CCNC(=O)CSc1nnc(-c2ccccc2C)n1N. The van der Waals surface area contributed by atoms with E-state index < -0.39 is 0 Å². The number of nitrogens with zero attached hydrogens (tertiary/aromatic N) is 3. The van der Waals surface area contributed by atoms with E-state index in [1.165, 1.54) is 16.4 Å². The van der Waals surface area contributed by atoms with E-state index in [1.807, 2.05) is 31.2 Å². The van der Waals surface area contributed by atoms with Crippen molar-refractivity contribution in [2.24, 2.45) is 0 Å². The monoisotopic (exact) mass is 301 g/mol. The van der Waals surface area contributed by atoms with Gasteiger partial charge < -0.3 is 11.2 Å². The molecule has 0 spiro atoms. The first kappa shape index (κ1) is 14.9. The Morgan fingerprint density at radius 1 is 1.48 bits per heavy atom. The molecule has 1 amide bonds. The Balaban J connectivity index is 2.10. The number of hydrogen-bond acceptors (Lipinski definition) is 5. The number of amides is 1. The van der Waals surface area contributed by atoms with Gasteiger partial charge in [0.05, 0.1) is 12.3 Å². The summed E-state index contributed by atoms with van der Waals surface area (Å²) in [5.74, 6) is 8.92. The van der Waals surface area contributed by atoms with E-state index in [4.69, 9.17) is 12.3 Å². The fraction of sp³-hybridized carbons (Fsp3) is 0.214. The Hall–Kier alpha value is -2.46. The predicted molar refractivity (Wildman–Crippen MR) is 82.9 cm³/mol. The zero-order chi connectivity index (χ0) is 15.2. The summed E-state index contributed by atoms with van der Waals surface area (Å²) < 4.78 is 1.39. The number of aromatic nitrogens is 3. The van der Waals surface area contributed by atoms with Gasteiger partial charge in [-0.05, 0) is 12.5 Å². The molecule has 0 atom stereocenters. The van der Waals surface area contributed by atoms with Gasteiger partial charge in [-0.1, -0.05) is 41.9 Å². The Kier molecular flexibility index (Phi) is 4.85. The van der Waals surface area contributed by atoms with Crippen molar-refractivity contribution >= 4 is 17.7 Å². The van der Waals surface area contributed by atoms with Crippen molar-refractivity contribution in [3.05, 3.63) is 29.8 Å². The first-order valence-corrected chi connectivity index (χ1v) is 7.21. The van der Waals surface area contributed by atoms with E-state index in [0.717, 1.165) is 11.1 Å². The van der Waals surface area contributed by atoms with Crippen LogP contribution in [0.1, 0.15) is 5.56 Å². The van der Waals surface area contributed by atoms with Crippen LogP contribution < -0.4 is 11.2 Å². The van der Waals surface area contributed by atoms with Gasteiger partial charge in [0.1, 0.15) is 0 Å². The molecule has 1 aromatic heterocycles. The van der Waals surface area contributed by atoms with Crippen LogP contribution in [0.3, 0.4) is 0 Å². The van der Waals surface area contributed by atoms with Gasteiger partial charge in [-0.3, -0.25) is 4.79 Å². The smallest absolute Gasteiger partial charge is 0.231 e. The summed E-state index contributed by atoms with van der Waals surface area (Å²) >= 11 is 1.21. The van der Waals surface area contributed by atoms with Gasteiger partial charge in [-0.25, -0.2) is 4.68 Å². The summed E-state index contributed by atoms with van der Waals surface area (Å²) in [6, 6.07) is 7.76. The number of carbonyl (C=O) groups excluding carboxylic acids is 1. The number of nitrogen functional groups attached to an aromatic ring is 1. The second-order valence-electron chi connectivity index (χ2n) is 4.26. The van der Waals surface area contributed by atoms with Gasteiger partial charge in [0, 0.05) is 5.56 Å². The van der Waals surface area contributed by atoms with Crippen LogP contribution in [0.5, 0.6) is 0 Å². The van der Waals surface area contributed by atoms with Crippen LogP contribution in [-0.2, 0) is 4.79 Å². The van der Waals surface area contributed by atoms with Crippen LogP contribution in [0.2, 0.25) is 0 Å². The number of thioether (sulfide) groups is 1. The van der Waals surface area contributed by atoms with Crippen molar-refractivity contribution in [2.45, 2.75) is 12.1 Å². The van der Waals surface area contributed by atoms with Gasteiger partial charge in [0.15, 0.2) is 5.82 Å². The maximum Gasteiger partial charge on any atom is 0.231 e. The molecule has 0 fully saturated rings. The zero-order valence-corrected chi connectivity index (χ0v) is 12.4. The molecule has 0 aliphatic rings. The number of aryl methyl sites for hydroxylation is 1. The number of nitrogens with one attached hydrogen (secondary N) is 1. The molecule has 1 heterocycles. The number of rotatable bonds is 5. The quantitative estimate of drug-likeness (QED) is 0.485. The van der Waals surface area contributed by atoms with Gasteiger partial charge in [0.2, 0.25) is 11.1 Å². The highest BCUT2D eigenvalue weighted by Crippen LogP contribution is 2.23. The Labute approximate surface area is 127 Å². The van der Waals surface area contributed by atoms with Crippen LogP contribution in [0.15, 0.2) is 29.4 Å².